The number of aliphatic imine (C=N–C) groups is 1. The van der Waals surface area contributed by atoms with E-state index < -0.39 is 0 Å². The number of aryl methyl sites for hydroxylation is 3. The lowest BCUT2D eigenvalue weighted by atomic mass is 10.1. The van der Waals surface area contributed by atoms with Gasteiger partial charge in [0, 0.05) is 32.4 Å². The molecule has 150 valence electrons. The monoisotopic (exact) mass is 485 g/mol. The normalized spacial score (nSPS) is 12.4. The quantitative estimate of drug-likeness (QED) is 0.244. The van der Waals surface area contributed by atoms with E-state index in [9.17, 15) is 5.11 Å². The van der Waals surface area contributed by atoms with E-state index in [2.05, 4.69) is 41.5 Å². The molecule has 0 spiro atoms. The molecule has 0 amide bonds. The summed E-state index contributed by atoms with van der Waals surface area (Å²) in [7, 11) is 3.78. The van der Waals surface area contributed by atoms with Crippen molar-refractivity contribution >= 4 is 29.9 Å². The third-order valence-corrected chi connectivity index (χ3v) is 4.65. The van der Waals surface area contributed by atoms with Crippen molar-refractivity contribution < 1.29 is 5.11 Å². The molecule has 27 heavy (non-hydrogen) atoms. The number of phenols is 1. The molecule has 1 aromatic heterocycles. The van der Waals surface area contributed by atoms with Gasteiger partial charge in [0.05, 0.1) is 5.69 Å². The number of hydrogen-bond acceptors (Lipinski definition) is 3. The topological polar surface area (TPSA) is 74.5 Å². The van der Waals surface area contributed by atoms with Crippen LogP contribution in [-0.2, 0) is 19.9 Å². The summed E-state index contributed by atoms with van der Waals surface area (Å²) in [4.78, 5) is 4.32. The van der Waals surface area contributed by atoms with Crippen LogP contribution in [0.2, 0.25) is 0 Å². The molecule has 2 rings (SSSR count). The van der Waals surface area contributed by atoms with Crippen molar-refractivity contribution in [1.82, 2.24) is 20.4 Å². The maximum absolute atomic E-state index is 9.32. The van der Waals surface area contributed by atoms with Crippen molar-refractivity contribution in [2.75, 3.05) is 13.6 Å². The number of guanidine groups is 1. The smallest absolute Gasteiger partial charge is 0.191 e. The number of nitrogens with zero attached hydrogens (tertiary/aromatic N) is 3. The summed E-state index contributed by atoms with van der Waals surface area (Å²) in [5, 5.41) is 20.6. The van der Waals surface area contributed by atoms with Crippen LogP contribution in [0.3, 0.4) is 0 Å². The van der Waals surface area contributed by atoms with Crippen molar-refractivity contribution in [3.63, 3.8) is 0 Å². The van der Waals surface area contributed by atoms with Gasteiger partial charge in [0.25, 0.3) is 0 Å². The van der Waals surface area contributed by atoms with Crippen LogP contribution in [0.1, 0.15) is 35.9 Å². The predicted octanol–water partition coefficient (Wildman–Crippen LogP) is 3.09. The van der Waals surface area contributed by atoms with Crippen LogP contribution in [-0.4, -0.2) is 40.5 Å². The first-order valence-electron chi connectivity index (χ1n) is 9.15. The number of aromatic hydroxyl groups is 1. The van der Waals surface area contributed by atoms with E-state index in [1.807, 2.05) is 23.9 Å². The average Bonchev–Trinajstić information content (AvgIpc) is 2.85. The average molecular weight is 485 g/mol. The Hall–Kier alpha value is -1.77. The van der Waals surface area contributed by atoms with E-state index in [-0.39, 0.29) is 30.0 Å². The van der Waals surface area contributed by atoms with Gasteiger partial charge in [-0.3, -0.25) is 9.67 Å². The number of phenolic OH excluding ortho intramolecular Hbond substituents is 1. The van der Waals surface area contributed by atoms with Gasteiger partial charge in [0.2, 0.25) is 0 Å². The van der Waals surface area contributed by atoms with Crippen molar-refractivity contribution in [3.05, 3.63) is 46.8 Å². The molecular formula is C20H32IN5O. The fourth-order valence-electron chi connectivity index (χ4n) is 3.06. The Morgan fingerprint density at radius 3 is 2.48 bits per heavy atom. The maximum Gasteiger partial charge on any atom is 0.191 e. The SMILES string of the molecule is CN=C(NCCCc1ccc(O)cc1)NC(C)Cc1c(C)nn(C)c1C.I. The Morgan fingerprint density at radius 2 is 1.93 bits per heavy atom. The fraction of sp³-hybridized carbons (Fsp3) is 0.500. The molecule has 0 bridgehead atoms. The lowest BCUT2D eigenvalue weighted by Gasteiger charge is -2.18. The summed E-state index contributed by atoms with van der Waals surface area (Å²) < 4.78 is 1.94. The lowest BCUT2D eigenvalue weighted by molar-refractivity contribution is 0.475. The van der Waals surface area contributed by atoms with Gasteiger partial charge in [-0.1, -0.05) is 12.1 Å². The van der Waals surface area contributed by atoms with Crippen molar-refractivity contribution in [2.24, 2.45) is 12.0 Å². The Labute approximate surface area is 179 Å². The second-order valence-electron chi connectivity index (χ2n) is 6.79. The first-order valence-corrected chi connectivity index (χ1v) is 9.15. The van der Waals surface area contributed by atoms with Gasteiger partial charge in [-0.15, -0.1) is 24.0 Å². The van der Waals surface area contributed by atoms with Crippen LogP contribution in [0.4, 0.5) is 0 Å². The number of halogens is 1. The highest BCUT2D eigenvalue weighted by Gasteiger charge is 2.13. The molecule has 1 aromatic carbocycles. The number of benzene rings is 1. The van der Waals surface area contributed by atoms with Gasteiger partial charge in [0.15, 0.2) is 5.96 Å². The molecule has 0 radical (unpaired) electrons. The first kappa shape index (κ1) is 23.3. The van der Waals surface area contributed by atoms with Gasteiger partial charge < -0.3 is 15.7 Å². The zero-order chi connectivity index (χ0) is 19.1. The van der Waals surface area contributed by atoms with E-state index in [0.717, 1.165) is 37.5 Å². The molecule has 1 atom stereocenters. The number of rotatable bonds is 7. The van der Waals surface area contributed by atoms with Crippen LogP contribution >= 0.6 is 24.0 Å². The van der Waals surface area contributed by atoms with E-state index in [1.165, 1.54) is 16.8 Å². The van der Waals surface area contributed by atoms with Gasteiger partial charge in [0.1, 0.15) is 5.75 Å². The van der Waals surface area contributed by atoms with E-state index in [4.69, 9.17) is 0 Å². The molecule has 7 heteroatoms. The molecular weight excluding hydrogens is 453 g/mol. The summed E-state index contributed by atoms with van der Waals surface area (Å²) in [6, 6.07) is 7.65. The molecule has 1 heterocycles. The van der Waals surface area contributed by atoms with Gasteiger partial charge >= 0.3 is 0 Å². The summed E-state index contributed by atoms with van der Waals surface area (Å²) in [6.45, 7) is 7.18. The molecule has 3 N–H and O–H groups in total. The number of aromatic nitrogens is 2. The molecule has 0 aliphatic heterocycles. The molecule has 0 aliphatic rings. The van der Waals surface area contributed by atoms with Crippen LogP contribution in [0.15, 0.2) is 29.3 Å². The van der Waals surface area contributed by atoms with E-state index in [1.54, 1.807) is 19.2 Å². The summed E-state index contributed by atoms with van der Waals surface area (Å²) >= 11 is 0. The molecule has 0 fully saturated rings. The minimum atomic E-state index is 0. The predicted molar refractivity (Wildman–Crippen MR) is 122 cm³/mol. The first-order chi connectivity index (χ1) is 12.4. The standard InChI is InChI=1S/C20H31N5O.HI/c1-14(13-19-15(2)24-25(5)16(19)3)23-20(21-4)22-12-6-7-17-8-10-18(26)11-9-17;/h8-11,14,26H,6-7,12-13H2,1-5H3,(H2,21,22,23);1H. The minimum Gasteiger partial charge on any atom is -0.508 e. The zero-order valence-corrected chi connectivity index (χ0v) is 19.2. The molecule has 2 aromatic rings. The highest BCUT2D eigenvalue weighted by atomic mass is 127. The second-order valence-corrected chi connectivity index (χ2v) is 6.79. The Balaban J connectivity index is 0.00000364. The highest BCUT2D eigenvalue weighted by Crippen LogP contribution is 2.14. The van der Waals surface area contributed by atoms with E-state index >= 15 is 0 Å². The molecule has 0 saturated heterocycles. The summed E-state index contributed by atoms with van der Waals surface area (Å²) in [5.41, 5.74) is 4.84. The Morgan fingerprint density at radius 1 is 1.26 bits per heavy atom. The third-order valence-electron chi connectivity index (χ3n) is 4.65. The summed E-state index contributed by atoms with van der Waals surface area (Å²) in [6.07, 6.45) is 2.88. The lowest BCUT2D eigenvalue weighted by Crippen LogP contribution is -2.43. The Bertz CT molecular complexity index is 740. The van der Waals surface area contributed by atoms with Gasteiger partial charge in [-0.05, 0) is 63.3 Å². The molecule has 0 saturated carbocycles. The number of hydrogen-bond donors (Lipinski definition) is 3. The van der Waals surface area contributed by atoms with Crippen LogP contribution in [0.5, 0.6) is 5.75 Å². The van der Waals surface area contributed by atoms with Crippen LogP contribution in [0.25, 0.3) is 0 Å². The van der Waals surface area contributed by atoms with Crippen LogP contribution < -0.4 is 10.6 Å². The van der Waals surface area contributed by atoms with Crippen molar-refractivity contribution in [2.45, 2.75) is 46.1 Å². The summed E-state index contributed by atoms with van der Waals surface area (Å²) in [5.74, 6) is 1.13. The zero-order valence-electron chi connectivity index (χ0n) is 16.9. The third kappa shape index (κ3) is 7.04. The highest BCUT2D eigenvalue weighted by molar-refractivity contribution is 14.0. The number of nitrogens with one attached hydrogen (secondary N) is 2. The van der Waals surface area contributed by atoms with Crippen molar-refractivity contribution in [3.8, 4) is 5.75 Å². The minimum absolute atomic E-state index is 0. The maximum atomic E-state index is 9.32. The van der Waals surface area contributed by atoms with Crippen LogP contribution in [0, 0.1) is 13.8 Å². The van der Waals surface area contributed by atoms with Gasteiger partial charge in [-0.25, -0.2) is 0 Å². The van der Waals surface area contributed by atoms with Gasteiger partial charge in [-0.2, -0.15) is 5.10 Å². The molecule has 1 unspecified atom stereocenters. The largest absolute Gasteiger partial charge is 0.508 e. The molecule has 0 aliphatic carbocycles. The molecule has 6 nitrogen and oxygen atoms in total. The second kappa shape index (κ2) is 11.2. The Kier molecular flexibility index (Phi) is 9.62. The van der Waals surface area contributed by atoms with Crippen molar-refractivity contribution in [1.29, 1.82) is 0 Å². The fourth-order valence-corrected chi connectivity index (χ4v) is 3.06. The van der Waals surface area contributed by atoms with E-state index in [0.29, 0.717) is 5.75 Å².